The van der Waals surface area contributed by atoms with Crippen LogP contribution in [0, 0.1) is 5.41 Å². The summed E-state index contributed by atoms with van der Waals surface area (Å²) in [6.07, 6.45) is 15.7. The maximum absolute atomic E-state index is 5.51. The molecular formula is C16H30O2. The molecule has 0 amide bonds. The van der Waals surface area contributed by atoms with Crippen LogP contribution in [0.3, 0.4) is 0 Å². The van der Waals surface area contributed by atoms with Crippen molar-refractivity contribution >= 4 is 0 Å². The molecule has 2 fully saturated rings. The molecule has 0 unspecified atom stereocenters. The van der Waals surface area contributed by atoms with Crippen molar-refractivity contribution in [2.75, 3.05) is 0 Å². The largest absolute Gasteiger partial charge is 0.239 e. The lowest BCUT2D eigenvalue weighted by Gasteiger charge is -2.40. The molecule has 0 aromatic rings. The van der Waals surface area contributed by atoms with E-state index in [0.717, 1.165) is 6.42 Å². The van der Waals surface area contributed by atoms with Crippen molar-refractivity contribution in [3.05, 3.63) is 0 Å². The van der Waals surface area contributed by atoms with Crippen molar-refractivity contribution < 1.29 is 9.78 Å². The molecule has 0 aromatic carbocycles. The van der Waals surface area contributed by atoms with Gasteiger partial charge < -0.3 is 0 Å². The van der Waals surface area contributed by atoms with Crippen molar-refractivity contribution in [3.63, 3.8) is 0 Å². The zero-order chi connectivity index (χ0) is 12.9. The Morgan fingerprint density at radius 1 is 0.778 bits per heavy atom. The zero-order valence-corrected chi connectivity index (χ0v) is 12.3. The van der Waals surface area contributed by atoms with E-state index in [1.54, 1.807) is 0 Å². The summed E-state index contributed by atoms with van der Waals surface area (Å²) in [5, 5.41) is 0. The van der Waals surface area contributed by atoms with Crippen LogP contribution in [0.5, 0.6) is 0 Å². The van der Waals surface area contributed by atoms with Crippen molar-refractivity contribution in [3.8, 4) is 0 Å². The van der Waals surface area contributed by atoms with Crippen LogP contribution in [0.25, 0.3) is 0 Å². The molecule has 1 saturated carbocycles. The summed E-state index contributed by atoms with van der Waals surface area (Å²) in [6.45, 7) is 4.56. The predicted molar refractivity (Wildman–Crippen MR) is 74.1 cm³/mol. The fourth-order valence-corrected chi connectivity index (χ4v) is 3.77. The van der Waals surface area contributed by atoms with Gasteiger partial charge in [0.25, 0.3) is 0 Å². The van der Waals surface area contributed by atoms with E-state index >= 15 is 0 Å². The third kappa shape index (κ3) is 2.91. The topological polar surface area (TPSA) is 25.1 Å². The van der Waals surface area contributed by atoms with Gasteiger partial charge in [-0.05, 0) is 25.7 Å². The molecule has 2 aliphatic rings. The van der Waals surface area contributed by atoms with Crippen molar-refractivity contribution in [1.29, 1.82) is 0 Å². The van der Waals surface area contributed by atoms with Crippen LogP contribution in [0.1, 0.15) is 90.9 Å². The summed E-state index contributed by atoms with van der Waals surface area (Å²) in [5.41, 5.74) is 0.343. The molecule has 106 valence electrons. The van der Waals surface area contributed by atoms with Crippen LogP contribution >= 0.6 is 0 Å². The third-order valence-electron chi connectivity index (χ3n) is 5.02. The molecule has 2 heteroatoms. The highest BCUT2D eigenvalue weighted by Gasteiger charge is 2.64. The monoisotopic (exact) mass is 254 g/mol. The summed E-state index contributed by atoms with van der Waals surface area (Å²) in [6, 6.07) is 0. The first-order valence-electron chi connectivity index (χ1n) is 8.15. The van der Waals surface area contributed by atoms with Gasteiger partial charge in [0.05, 0.1) is 0 Å². The molecule has 1 aliphatic carbocycles. The Hall–Kier alpha value is -0.0800. The minimum absolute atomic E-state index is 0.160. The molecule has 1 saturated heterocycles. The fourth-order valence-electron chi connectivity index (χ4n) is 3.77. The van der Waals surface area contributed by atoms with E-state index in [-0.39, 0.29) is 5.79 Å². The van der Waals surface area contributed by atoms with E-state index in [1.807, 2.05) is 0 Å². The Morgan fingerprint density at radius 2 is 1.33 bits per heavy atom. The van der Waals surface area contributed by atoms with Gasteiger partial charge in [-0.15, -0.1) is 0 Å². The molecular weight excluding hydrogens is 224 g/mol. The average Bonchev–Trinajstić information content (AvgIpc) is 3.15. The van der Waals surface area contributed by atoms with Crippen LogP contribution in [-0.4, -0.2) is 5.79 Å². The van der Waals surface area contributed by atoms with Crippen molar-refractivity contribution in [2.24, 2.45) is 5.41 Å². The quantitative estimate of drug-likeness (QED) is 0.331. The van der Waals surface area contributed by atoms with Crippen molar-refractivity contribution in [2.45, 2.75) is 96.7 Å². The van der Waals surface area contributed by atoms with E-state index in [0.29, 0.717) is 5.41 Å². The summed E-state index contributed by atoms with van der Waals surface area (Å²) in [4.78, 5) is 11.0. The van der Waals surface area contributed by atoms with Gasteiger partial charge in [0.15, 0.2) is 0 Å². The third-order valence-corrected chi connectivity index (χ3v) is 5.02. The Kier molecular flexibility index (Phi) is 5.08. The Labute approximate surface area is 112 Å². The van der Waals surface area contributed by atoms with E-state index in [9.17, 15) is 0 Å². The van der Waals surface area contributed by atoms with Crippen LogP contribution in [-0.2, 0) is 9.78 Å². The first-order valence-corrected chi connectivity index (χ1v) is 8.15. The Morgan fingerprint density at radius 3 is 1.83 bits per heavy atom. The normalized spacial score (nSPS) is 24.3. The molecule has 0 radical (unpaired) electrons. The second-order valence-corrected chi connectivity index (χ2v) is 6.32. The van der Waals surface area contributed by atoms with Gasteiger partial charge in [-0.1, -0.05) is 58.8 Å². The Balaban J connectivity index is 1.96. The van der Waals surface area contributed by atoms with Gasteiger partial charge in [-0.2, -0.15) is 9.78 Å². The molecule has 2 rings (SSSR count). The standard InChI is InChI=1S/C16H30O2/c1-3-5-7-11-15(12-8-6-4-2)13-9-10-14-16(15)17-18-16/h3-14H2,1-2H3. The molecule has 2 nitrogen and oxygen atoms in total. The molecule has 0 N–H and O–H groups in total. The van der Waals surface area contributed by atoms with Gasteiger partial charge in [-0.25, -0.2) is 0 Å². The van der Waals surface area contributed by atoms with Crippen LogP contribution in [0.2, 0.25) is 0 Å². The summed E-state index contributed by atoms with van der Waals surface area (Å²) < 4.78 is 0. The first kappa shape index (κ1) is 14.3. The van der Waals surface area contributed by atoms with Crippen LogP contribution in [0.4, 0.5) is 0 Å². The van der Waals surface area contributed by atoms with Gasteiger partial charge in [-0.3, -0.25) is 0 Å². The van der Waals surface area contributed by atoms with Crippen LogP contribution < -0.4 is 0 Å². The van der Waals surface area contributed by atoms with Crippen molar-refractivity contribution in [1.82, 2.24) is 0 Å². The van der Waals surface area contributed by atoms with Gasteiger partial charge in [0.1, 0.15) is 0 Å². The molecule has 0 aromatic heterocycles. The zero-order valence-electron chi connectivity index (χ0n) is 12.3. The van der Waals surface area contributed by atoms with E-state index < -0.39 is 0 Å². The lowest BCUT2D eigenvalue weighted by molar-refractivity contribution is 0.0242. The summed E-state index contributed by atoms with van der Waals surface area (Å²) in [7, 11) is 0. The van der Waals surface area contributed by atoms with Gasteiger partial charge in [0.2, 0.25) is 5.79 Å². The molecule has 18 heavy (non-hydrogen) atoms. The maximum atomic E-state index is 5.51. The van der Waals surface area contributed by atoms with E-state index in [2.05, 4.69) is 13.8 Å². The molecule has 0 bridgehead atoms. The number of hydrogen-bond acceptors (Lipinski definition) is 2. The molecule has 1 aliphatic heterocycles. The highest BCUT2D eigenvalue weighted by atomic mass is 17.4. The van der Waals surface area contributed by atoms with Gasteiger partial charge >= 0.3 is 0 Å². The number of hydrogen-bond donors (Lipinski definition) is 0. The van der Waals surface area contributed by atoms with Gasteiger partial charge in [0, 0.05) is 11.8 Å². The number of unbranched alkanes of at least 4 members (excludes halogenated alkanes) is 4. The molecule has 0 atom stereocenters. The second-order valence-electron chi connectivity index (χ2n) is 6.32. The first-order chi connectivity index (χ1) is 8.79. The fraction of sp³-hybridized carbons (Fsp3) is 1.00. The van der Waals surface area contributed by atoms with E-state index in [4.69, 9.17) is 9.78 Å². The minimum atomic E-state index is -0.160. The minimum Gasteiger partial charge on any atom is -0.194 e. The lowest BCUT2D eigenvalue weighted by Crippen LogP contribution is -2.41. The van der Waals surface area contributed by atoms with E-state index in [1.165, 1.54) is 70.6 Å². The summed E-state index contributed by atoms with van der Waals surface area (Å²) in [5.74, 6) is -0.160. The maximum Gasteiger partial charge on any atom is 0.239 e. The average molecular weight is 254 g/mol. The highest BCUT2D eigenvalue weighted by molar-refractivity contribution is 4.99. The SMILES string of the molecule is CCCCCC1(CCCCC)CCCCC12OO2. The smallest absolute Gasteiger partial charge is 0.194 e. The summed E-state index contributed by atoms with van der Waals surface area (Å²) >= 11 is 0. The second kappa shape index (κ2) is 6.38. The highest BCUT2D eigenvalue weighted by Crippen LogP contribution is 2.60. The predicted octanol–water partition coefficient (Wildman–Crippen LogP) is 5.37. The lowest BCUT2D eigenvalue weighted by atomic mass is 9.64. The molecule has 1 heterocycles. The number of rotatable bonds is 8. The Bertz CT molecular complexity index is 235. The molecule has 1 spiro atoms. The van der Waals surface area contributed by atoms with Crippen LogP contribution in [0.15, 0.2) is 0 Å².